The highest BCUT2D eigenvalue weighted by molar-refractivity contribution is 5.79. The second kappa shape index (κ2) is 8.52. The smallest absolute Gasteiger partial charge is 0.191 e. The highest BCUT2D eigenvalue weighted by Crippen LogP contribution is 2.33. The monoisotopic (exact) mass is 329 g/mol. The minimum absolute atomic E-state index is 0.201. The lowest BCUT2D eigenvalue weighted by atomic mass is 9.87. The number of hydrogen-bond acceptors (Lipinski definition) is 2. The first-order valence-corrected chi connectivity index (χ1v) is 9.40. The molecule has 2 aliphatic rings. The Morgan fingerprint density at radius 3 is 2.58 bits per heavy atom. The second-order valence-electron chi connectivity index (χ2n) is 7.31. The lowest BCUT2D eigenvalue weighted by Gasteiger charge is -2.29. The molecule has 2 atom stereocenters. The topological polar surface area (TPSA) is 45.7 Å². The molecule has 0 aromatic heterocycles. The van der Waals surface area contributed by atoms with E-state index in [1.54, 1.807) is 0 Å². The summed E-state index contributed by atoms with van der Waals surface area (Å²) in [6.45, 7) is 4.11. The van der Waals surface area contributed by atoms with Gasteiger partial charge in [-0.2, -0.15) is 0 Å². The summed E-state index contributed by atoms with van der Waals surface area (Å²) < 4.78 is 5.98. The Bertz CT molecular complexity index is 523. The minimum atomic E-state index is 0.201. The SMILES string of the molecule is CN=C(NCC1CCOC1c1ccccc1)NC1CCC(C)CC1. The molecule has 1 aromatic carbocycles. The van der Waals surface area contributed by atoms with E-state index in [1.165, 1.54) is 31.2 Å². The average Bonchev–Trinajstić information content (AvgIpc) is 3.09. The Morgan fingerprint density at radius 2 is 1.88 bits per heavy atom. The van der Waals surface area contributed by atoms with Gasteiger partial charge in [0, 0.05) is 32.2 Å². The van der Waals surface area contributed by atoms with Crippen LogP contribution < -0.4 is 10.6 Å². The van der Waals surface area contributed by atoms with E-state index in [1.807, 2.05) is 7.05 Å². The summed E-state index contributed by atoms with van der Waals surface area (Å²) in [5, 5.41) is 7.13. The highest BCUT2D eigenvalue weighted by atomic mass is 16.5. The number of nitrogens with one attached hydrogen (secondary N) is 2. The van der Waals surface area contributed by atoms with Crippen LogP contribution in [-0.2, 0) is 4.74 Å². The van der Waals surface area contributed by atoms with Crippen LogP contribution in [0.1, 0.15) is 50.7 Å². The maximum atomic E-state index is 5.98. The molecule has 1 aromatic rings. The van der Waals surface area contributed by atoms with E-state index in [0.717, 1.165) is 31.4 Å². The molecule has 1 saturated heterocycles. The molecule has 2 unspecified atom stereocenters. The summed E-state index contributed by atoms with van der Waals surface area (Å²) in [7, 11) is 1.86. The van der Waals surface area contributed by atoms with Crippen LogP contribution in [0, 0.1) is 11.8 Å². The minimum Gasteiger partial charge on any atom is -0.373 e. The van der Waals surface area contributed by atoms with Crippen molar-refractivity contribution in [2.24, 2.45) is 16.8 Å². The van der Waals surface area contributed by atoms with Gasteiger partial charge in [0.25, 0.3) is 0 Å². The van der Waals surface area contributed by atoms with Crippen molar-refractivity contribution < 1.29 is 4.74 Å². The Labute approximate surface area is 146 Å². The molecule has 1 saturated carbocycles. The van der Waals surface area contributed by atoms with Crippen LogP contribution >= 0.6 is 0 Å². The van der Waals surface area contributed by atoms with Gasteiger partial charge in [-0.3, -0.25) is 4.99 Å². The van der Waals surface area contributed by atoms with E-state index >= 15 is 0 Å². The molecule has 0 bridgehead atoms. The molecular weight excluding hydrogens is 298 g/mol. The molecule has 4 nitrogen and oxygen atoms in total. The molecule has 24 heavy (non-hydrogen) atoms. The van der Waals surface area contributed by atoms with Crippen LogP contribution in [0.3, 0.4) is 0 Å². The molecule has 1 heterocycles. The molecule has 0 spiro atoms. The lowest BCUT2D eigenvalue weighted by Crippen LogP contribution is -2.46. The van der Waals surface area contributed by atoms with Gasteiger partial charge in [0.05, 0.1) is 6.10 Å². The average molecular weight is 329 g/mol. The van der Waals surface area contributed by atoms with Gasteiger partial charge in [-0.1, -0.05) is 37.3 Å². The van der Waals surface area contributed by atoms with Crippen molar-refractivity contribution in [3.05, 3.63) is 35.9 Å². The van der Waals surface area contributed by atoms with E-state index in [0.29, 0.717) is 12.0 Å². The van der Waals surface area contributed by atoms with E-state index < -0.39 is 0 Å². The summed E-state index contributed by atoms with van der Waals surface area (Å²) in [4.78, 5) is 4.41. The summed E-state index contributed by atoms with van der Waals surface area (Å²) in [5.74, 6) is 2.31. The molecule has 3 rings (SSSR count). The van der Waals surface area contributed by atoms with Gasteiger partial charge in [0.1, 0.15) is 0 Å². The Hall–Kier alpha value is -1.55. The van der Waals surface area contributed by atoms with Crippen molar-refractivity contribution in [3.8, 4) is 0 Å². The first kappa shape index (κ1) is 17.3. The molecule has 132 valence electrons. The third-order valence-electron chi connectivity index (χ3n) is 5.45. The van der Waals surface area contributed by atoms with Crippen LogP contribution in [0.25, 0.3) is 0 Å². The first-order valence-electron chi connectivity index (χ1n) is 9.40. The predicted molar refractivity (Wildman–Crippen MR) is 99.2 cm³/mol. The van der Waals surface area contributed by atoms with Crippen LogP contribution in [-0.4, -0.2) is 32.2 Å². The lowest BCUT2D eigenvalue weighted by molar-refractivity contribution is 0.0915. The summed E-state index contributed by atoms with van der Waals surface area (Å²) in [6, 6.07) is 11.1. The maximum absolute atomic E-state index is 5.98. The van der Waals surface area contributed by atoms with E-state index in [-0.39, 0.29) is 6.10 Å². The number of ether oxygens (including phenoxy) is 1. The van der Waals surface area contributed by atoms with E-state index in [4.69, 9.17) is 4.74 Å². The van der Waals surface area contributed by atoms with Gasteiger partial charge in [-0.25, -0.2) is 0 Å². The molecule has 2 N–H and O–H groups in total. The van der Waals surface area contributed by atoms with Gasteiger partial charge in [0.2, 0.25) is 0 Å². The summed E-state index contributed by atoms with van der Waals surface area (Å²) in [6.07, 6.45) is 6.45. The number of aliphatic imine (C=N–C) groups is 1. The molecule has 0 amide bonds. The Morgan fingerprint density at radius 1 is 1.12 bits per heavy atom. The normalized spacial score (nSPS) is 31.0. The number of nitrogens with zero attached hydrogens (tertiary/aromatic N) is 1. The van der Waals surface area contributed by atoms with Gasteiger partial charge in [0.15, 0.2) is 5.96 Å². The van der Waals surface area contributed by atoms with Gasteiger partial charge < -0.3 is 15.4 Å². The molecule has 1 aliphatic heterocycles. The van der Waals surface area contributed by atoms with E-state index in [9.17, 15) is 0 Å². The number of guanidine groups is 1. The summed E-state index contributed by atoms with van der Waals surface area (Å²) >= 11 is 0. The zero-order chi connectivity index (χ0) is 16.8. The highest BCUT2D eigenvalue weighted by Gasteiger charge is 2.29. The summed E-state index contributed by atoms with van der Waals surface area (Å²) in [5.41, 5.74) is 1.28. The van der Waals surface area contributed by atoms with Crippen LogP contribution in [0.5, 0.6) is 0 Å². The molecule has 4 heteroatoms. The van der Waals surface area contributed by atoms with Crippen LogP contribution in [0.15, 0.2) is 35.3 Å². The third-order valence-corrected chi connectivity index (χ3v) is 5.45. The first-order chi connectivity index (χ1) is 11.8. The zero-order valence-corrected chi connectivity index (χ0v) is 15.0. The van der Waals surface area contributed by atoms with Crippen molar-refractivity contribution in [1.29, 1.82) is 0 Å². The van der Waals surface area contributed by atoms with Crippen molar-refractivity contribution in [2.45, 2.75) is 51.2 Å². The predicted octanol–water partition coefficient (Wildman–Crippen LogP) is 3.51. The fourth-order valence-electron chi connectivity index (χ4n) is 3.87. The van der Waals surface area contributed by atoms with Crippen molar-refractivity contribution in [1.82, 2.24) is 10.6 Å². The van der Waals surface area contributed by atoms with Gasteiger partial charge in [-0.05, 0) is 43.6 Å². The Balaban J connectivity index is 1.50. The zero-order valence-electron chi connectivity index (χ0n) is 15.0. The van der Waals surface area contributed by atoms with Gasteiger partial charge >= 0.3 is 0 Å². The van der Waals surface area contributed by atoms with Gasteiger partial charge in [-0.15, -0.1) is 0 Å². The van der Waals surface area contributed by atoms with Crippen LogP contribution in [0.4, 0.5) is 0 Å². The van der Waals surface area contributed by atoms with Crippen molar-refractivity contribution in [3.63, 3.8) is 0 Å². The Kier molecular flexibility index (Phi) is 6.13. The van der Waals surface area contributed by atoms with Crippen molar-refractivity contribution >= 4 is 5.96 Å². The third kappa shape index (κ3) is 4.50. The van der Waals surface area contributed by atoms with Crippen molar-refractivity contribution in [2.75, 3.05) is 20.2 Å². The second-order valence-corrected chi connectivity index (χ2v) is 7.31. The number of rotatable bonds is 4. The standard InChI is InChI=1S/C20H31N3O/c1-15-8-10-18(11-9-15)23-20(21-2)22-14-17-12-13-24-19(17)16-6-4-3-5-7-16/h3-7,15,17-19H,8-14H2,1-2H3,(H2,21,22,23). The molecular formula is C20H31N3O. The fraction of sp³-hybridized carbons (Fsp3) is 0.650. The fourth-order valence-corrected chi connectivity index (χ4v) is 3.87. The molecule has 0 radical (unpaired) electrons. The largest absolute Gasteiger partial charge is 0.373 e. The van der Waals surface area contributed by atoms with E-state index in [2.05, 4.69) is 52.9 Å². The van der Waals surface area contributed by atoms with Crippen LogP contribution in [0.2, 0.25) is 0 Å². The molecule has 2 fully saturated rings. The molecule has 1 aliphatic carbocycles. The number of benzene rings is 1. The quantitative estimate of drug-likeness (QED) is 0.656. The number of hydrogen-bond donors (Lipinski definition) is 2. The maximum Gasteiger partial charge on any atom is 0.191 e.